The van der Waals surface area contributed by atoms with Gasteiger partial charge in [-0.25, -0.2) is 0 Å². The minimum atomic E-state index is 0. The summed E-state index contributed by atoms with van der Waals surface area (Å²) >= 11 is 0. The minimum Gasteiger partial charge on any atom is -0.0996 e. The normalized spacial score (nSPS) is 11.0. The smallest absolute Gasteiger partial charge is 0.0231 e. The molecular formula is C24H58. The Morgan fingerprint density at radius 1 is 0.917 bits per heavy atom. The van der Waals surface area contributed by atoms with Crippen LogP contribution in [0, 0.1) is 11.3 Å². The molecule has 1 unspecified atom stereocenters. The molecule has 0 saturated carbocycles. The van der Waals surface area contributed by atoms with Crippen molar-refractivity contribution in [3.63, 3.8) is 0 Å². The molecule has 0 fully saturated rings. The zero-order valence-corrected chi connectivity index (χ0v) is 13.6. The van der Waals surface area contributed by atoms with Gasteiger partial charge in [0.15, 0.2) is 0 Å². The molecule has 0 saturated heterocycles. The molecule has 0 aromatic heterocycles. The number of rotatable bonds is 8. The second-order valence-electron chi connectivity index (χ2n) is 6.78. The van der Waals surface area contributed by atoms with Gasteiger partial charge in [0.1, 0.15) is 0 Å². The van der Waals surface area contributed by atoms with E-state index in [4.69, 9.17) is 0 Å². The topological polar surface area (TPSA) is 0 Å². The Morgan fingerprint density at radius 3 is 1.71 bits per heavy atom. The Bertz CT molecular complexity index is 262. The fraction of sp³-hybridized carbons (Fsp3) is 0.833. The van der Waals surface area contributed by atoms with Gasteiger partial charge in [-0.2, -0.15) is 0 Å². The summed E-state index contributed by atoms with van der Waals surface area (Å²) in [5, 5.41) is 0. The van der Waals surface area contributed by atoms with Crippen LogP contribution in [-0.2, 0) is 0 Å². The summed E-state index contributed by atoms with van der Waals surface area (Å²) in [7, 11) is 0. The van der Waals surface area contributed by atoms with Gasteiger partial charge in [0.25, 0.3) is 0 Å². The molecule has 154 valence electrons. The first-order valence-electron chi connectivity index (χ1n) is 7.65. The lowest BCUT2D eigenvalue weighted by Gasteiger charge is -2.21. The van der Waals surface area contributed by atoms with Crippen molar-refractivity contribution in [1.82, 2.24) is 0 Å². The maximum absolute atomic E-state index is 4.29. The summed E-state index contributed by atoms with van der Waals surface area (Å²) in [5.74, 6) is 0.666. The van der Waals surface area contributed by atoms with Gasteiger partial charge in [0.2, 0.25) is 0 Å². The lowest BCUT2D eigenvalue weighted by atomic mass is 9.84. The van der Waals surface area contributed by atoms with Crippen molar-refractivity contribution in [1.29, 1.82) is 0 Å². The molecule has 0 nitrogen and oxygen atoms in total. The van der Waals surface area contributed by atoms with Crippen molar-refractivity contribution >= 4 is 0 Å². The molecule has 0 rings (SSSR count). The molecule has 0 aliphatic rings. The highest BCUT2D eigenvalue weighted by molar-refractivity contribution is 5.05. The van der Waals surface area contributed by atoms with Gasteiger partial charge in [-0.1, -0.05) is 110 Å². The van der Waals surface area contributed by atoms with Crippen molar-refractivity contribution in [3.05, 3.63) is 23.8 Å². The quantitative estimate of drug-likeness (QED) is 0.383. The standard InChI is InChI=1S/C18H34.6CH4/c1-8-10-17(9-2)12-11-15(3)16(4)13-14-18(5,6)7;;;;;;/h10,15H,4,8-9,11-14H2,1-3,5-7H3;6*1H4. The third kappa shape index (κ3) is 23.7. The second kappa shape index (κ2) is 22.5. The van der Waals surface area contributed by atoms with Crippen molar-refractivity contribution in [2.45, 2.75) is 125 Å². The molecule has 0 aromatic carbocycles. The SMILES string of the molecule is C.C.C.C.C.C.C=C(CCC(C)(C)C)C(C)CCC(=CCC)CC. The Hall–Kier alpha value is -0.520. The van der Waals surface area contributed by atoms with Crippen LogP contribution in [0.15, 0.2) is 23.8 Å². The lowest BCUT2D eigenvalue weighted by Crippen LogP contribution is -2.07. The van der Waals surface area contributed by atoms with Gasteiger partial charge in [-0.15, -0.1) is 0 Å². The van der Waals surface area contributed by atoms with Crippen LogP contribution < -0.4 is 0 Å². The van der Waals surface area contributed by atoms with Crippen LogP contribution >= 0.6 is 0 Å². The summed E-state index contributed by atoms with van der Waals surface area (Å²) in [6.07, 6.45) is 9.72. The Kier molecular flexibility index (Phi) is 40.9. The highest BCUT2D eigenvalue weighted by Crippen LogP contribution is 2.28. The van der Waals surface area contributed by atoms with E-state index in [-0.39, 0.29) is 44.6 Å². The molecule has 0 radical (unpaired) electrons. The van der Waals surface area contributed by atoms with Gasteiger partial charge >= 0.3 is 0 Å². The Balaban J connectivity index is -0.0000000963. The van der Waals surface area contributed by atoms with Crippen LogP contribution in [0.2, 0.25) is 0 Å². The summed E-state index contributed by atoms with van der Waals surface area (Å²) in [5.41, 5.74) is 3.49. The molecule has 0 aliphatic heterocycles. The van der Waals surface area contributed by atoms with Crippen LogP contribution in [0.4, 0.5) is 0 Å². The summed E-state index contributed by atoms with van der Waals surface area (Å²) < 4.78 is 0. The largest absolute Gasteiger partial charge is 0.0996 e. The highest BCUT2D eigenvalue weighted by atomic mass is 14.2. The van der Waals surface area contributed by atoms with Crippen molar-refractivity contribution in [2.24, 2.45) is 11.3 Å². The zero-order valence-electron chi connectivity index (χ0n) is 13.6. The molecule has 1 atom stereocenters. The van der Waals surface area contributed by atoms with E-state index in [9.17, 15) is 0 Å². The summed E-state index contributed by atoms with van der Waals surface area (Å²) in [4.78, 5) is 0. The van der Waals surface area contributed by atoms with E-state index < -0.39 is 0 Å². The molecule has 0 aliphatic carbocycles. The average Bonchev–Trinajstić information content (AvgIpc) is 2.29. The van der Waals surface area contributed by atoms with Crippen LogP contribution in [0.5, 0.6) is 0 Å². The molecular weight excluding hydrogens is 288 g/mol. The van der Waals surface area contributed by atoms with E-state index in [1.165, 1.54) is 44.1 Å². The van der Waals surface area contributed by atoms with E-state index in [0.29, 0.717) is 11.3 Å². The van der Waals surface area contributed by atoms with Crippen LogP contribution in [0.25, 0.3) is 0 Å². The van der Waals surface area contributed by atoms with Crippen molar-refractivity contribution in [2.75, 3.05) is 0 Å². The zero-order chi connectivity index (χ0) is 14.2. The average molecular weight is 347 g/mol. The predicted octanol–water partition coefficient (Wildman–Crippen LogP) is 10.3. The minimum absolute atomic E-state index is 0. The first kappa shape index (κ1) is 43.7. The first-order chi connectivity index (χ1) is 8.30. The second-order valence-corrected chi connectivity index (χ2v) is 6.78. The maximum Gasteiger partial charge on any atom is -0.0231 e. The van der Waals surface area contributed by atoms with Crippen LogP contribution in [-0.4, -0.2) is 0 Å². The monoisotopic (exact) mass is 346 g/mol. The van der Waals surface area contributed by atoms with Gasteiger partial charge in [-0.3, -0.25) is 0 Å². The molecule has 24 heavy (non-hydrogen) atoms. The molecule has 0 aromatic rings. The van der Waals surface area contributed by atoms with E-state index in [1.807, 2.05) is 0 Å². The van der Waals surface area contributed by atoms with Gasteiger partial charge in [0.05, 0.1) is 0 Å². The number of hydrogen-bond donors (Lipinski definition) is 0. The fourth-order valence-electron chi connectivity index (χ4n) is 2.10. The number of allylic oxidation sites excluding steroid dienone is 3. The van der Waals surface area contributed by atoms with Gasteiger partial charge in [0, 0.05) is 0 Å². The summed E-state index contributed by atoms with van der Waals surface area (Å²) in [6, 6.07) is 0. The van der Waals surface area contributed by atoms with Gasteiger partial charge in [-0.05, 0) is 49.9 Å². The summed E-state index contributed by atoms with van der Waals surface area (Å²) in [6.45, 7) is 18.0. The van der Waals surface area contributed by atoms with Crippen LogP contribution in [0.1, 0.15) is 125 Å². The van der Waals surface area contributed by atoms with E-state index in [0.717, 1.165) is 0 Å². The molecule has 0 bridgehead atoms. The number of hydrogen-bond acceptors (Lipinski definition) is 0. The fourth-order valence-corrected chi connectivity index (χ4v) is 2.10. The Labute approximate surface area is 160 Å². The highest BCUT2D eigenvalue weighted by Gasteiger charge is 2.13. The Morgan fingerprint density at radius 2 is 1.38 bits per heavy atom. The molecule has 0 heterocycles. The predicted molar refractivity (Wildman–Crippen MR) is 125 cm³/mol. The van der Waals surface area contributed by atoms with E-state index in [2.05, 4.69) is 54.2 Å². The molecule has 0 spiro atoms. The van der Waals surface area contributed by atoms with Crippen molar-refractivity contribution < 1.29 is 0 Å². The van der Waals surface area contributed by atoms with E-state index in [1.54, 1.807) is 5.57 Å². The lowest BCUT2D eigenvalue weighted by molar-refractivity contribution is 0.370. The molecule has 0 heteroatoms. The van der Waals surface area contributed by atoms with E-state index >= 15 is 0 Å². The third-order valence-electron chi connectivity index (χ3n) is 3.74. The van der Waals surface area contributed by atoms with Crippen molar-refractivity contribution in [3.8, 4) is 0 Å². The van der Waals surface area contributed by atoms with Gasteiger partial charge < -0.3 is 0 Å². The van der Waals surface area contributed by atoms with Crippen LogP contribution in [0.3, 0.4) is 0 Å². The molecule has 0 amide bonds. The molecule has 0 N–H and O–H groups in total. The first-order valence-corrected chi connectivity index (χ1v) is 7.65. The third-order valence-corrected chi connectivity index (χ3v) is 3.74. The maximum atomic E-state index is 4.29.